The molecule has 2 heteroatoms. The zero-order valence-corrected chi connectivity index (χ0v) is 12.4. The highest BCUT2D eigenvalue weighted by molar-refractivity contribution is 5.41. The third-order valence-electron chi connectivity index (χ3n) is 4.25. The van der Waals surface area contributed by atoms with Crippen molar-refractivity contribution in [1.29, 1.82) is 0 Å². The van der Waals surface area contributed by atoms with E-state index in [0.29, 0.717) is 0 Å². The average molecular weight is 260 g/mol. The summed E-state index contributed by atoms with van der Waals surface area (Å²) >= 11 is 0. The first-order valence-electron chi connectivity index (χ1n) is 6.98. The lowest BCUT2D eigenvalue weighted by molar-refractivity contribution is 0.167. The van der Waals surface area contributed by atoms with Gasteiger partial charge in [0.15, 0.2) is 0 Å². The van der Waals surface area contributed by atoms with Crippen LogP contribution in [0.3, 0.4) is 0 Å². The Morgan fingerprint density at radius 2 is 1.95 bits per heavy atom. The van der Waals surface area contributed by atoms with Crippen molar-refractivity contribution in [1.82, 2.24) is 0 Å². The molecule has 0 aliphatic heterocycles. The number of rotatable bonds is 3. The third kappa shape index (κ3) is 2.69. The first-order valence-corrected chi connectivity index (χ1v) is 6.98. The summed E-state index contributed by atoms with van der Waals surface area (Å²) in [6.45, 7) is 6.60. The minimum atomic E-state index is -0.563. The van der Waals surface area contributed by atoms with Crippen molar-refractivity contribution >= 4 is 0 Å². The number of aliphatic hydroxyl groups is 1. The number of allylic oxidation sites excluding steroid dienone is 1. The fraction of sp³-hybridized carbons (Fsp3) is 0.529. The topological polar surface area (TPSA) is 29.5 Å². The molecule has 104 valence electrons. The Balaban J connectivity index is 2.45. The largest absolute Gasteiger partial charge is 0.496 e. The molecular formula is C17H24O2. The predicted molar refractivity (Wildman–Crippen MR) is 78.3 cm³/mol. The zero-order chi connectivity index (χ0) is 14.0. The van der Waals surface area contributed by atoms with Gasteiger partial charge in [-0.1, -0.05) is 37.6 Å². The monoisotopic (exact) mass is 260 g/mol. The summed E-state index contributed by atoms with van der Waals surface area (Å²) in [5.41, 5.74) is 3.43. The zero-order valence-electron chi connectivity index (χ0n) is 12.4. The van der Waals surface area contributed by atoms with Gasteiger partial charge in [0.2, 0.25) is 0 Å². The SMILES string of the molecule is COc1ccccc1C(O)C1=C(C)CCCC1(C)C. The molecule has 0 saturated heterocycles. The molecule has 1 N–H and O–H groups in total. The van der Waals surface area contributed by atoms with Crippen LogP contribution in [-0.2, 0) is 0 Å². The minimum absolute atomic E-state index is 0.0581. The van der Waals surface area contributed by atoms with E-state index in [1.807, 2.05) is 24.3 Å². The van der Waals surface area contributed by atoms with Gasteiger partial charge in [-0.15, -0.1) is 0 Å². The highest BCUT2D eigenvalue weighted by Gasteiger charge is 2.34. The Hall–Kier alpha value is -1.28. The van der Waals surface area contributed by atoms with Crippen LogP contribution in [0.1, 0.15) is 51.7 Å². The molecule has 0 spiro atoms. The summed E-state index contributed by atoms with van der Waals surface area (Å²) in [5, 5.41) is 10.8. The number of hydrogen-bond acceptors (Lipinski definition) is 2. The molecule has 1 atom stereocenters. The summed E-state index contributed by atoms with van der Waals surface area (Å²) in [5.74, 6) is 0.761. The number of ether oxygens (including phenoxy) is 1. The lowest BCUT2D eigenvalue weighted by atomic mass is 9.69. The molecule has 1 aliphatic carbocycles. The van der Waals surface area contributed by atoms with Crippen molar-refractivity contribution in [2.75, 3.05) is 7.11 Å². The van der Waals surface area contributed by atoms with Gasteiger partial charge in [0.25, 0.3) is 0 Å². The van der Waals surface area contributed by atoms with Crippen LogP contribution in [-0.4, -0.2) is 12.2 Å². The minimum Gasteiger partial charge on any atom is -0.496 e. The maximum absolute atomic E-state index is 10.8. The quantitative estimate of drug-likeness (QED) is 0.823. The molecule has 0 heterocycles. The second-order valence-electron chi connectivity index (χ2n) is 6.08. The molecule has 0 saturated carbocycles. The lowest BCUT2D eigenvalue weighted by Crippen LogP contribution is -2.25. The van der Waals surface area contributed by atoms with E-state index in [0.717, 1.165) is 24.2 Å². The van der Waals surface area contributed by atoms with E-state index >= 15 is 0 Å². The summed E-state index contributed by atoms with van der Waals surface area (Å²) < 4.78 is 5.38. The number of methoxy groups -OCH3 is 1. The Morgan fingerprint density at radius 3 is 2.58 bits per heavy atom. The lowest BCUT2D eigenvalue weighted by Gasteiger charge is -2.37. The number of hydrogen-bond donors (Lipinski definition) is 1. The van der Waals surface area contributed by atoms with E-state index in [1.165, 1.54) is 17.6 Å². The first kappa shape index (κ1) is 14.1. The van der Waals surface area contributed by atoms with Gasteiger partial charge in [-0.2, -0.15) is 0 Å². The van der Waals surface area contributed by atoms with Crippen molar-refractivity contribution < 1.29 is 9.84 Å². The van der Waals surface area contributed by atoms with Gasteiger partial charge in [-0.05, 0) is 43.2 Å². The summed E-state index contributed by atoms with van der Waals surface area (Å²) in [6.07, 6.45) is 2.86. The van der Waals surface area contributed by atoms with Gasteiger partial charge in [0.05, 0.1) is 7.11 Å². The van der Waals surface area contributed by atoms with Crippen LogP contribution in [0.25, 0.3) is 0 Å². The Bertz CT molecular complexity index is 486. The van der Waals surface area contributed by atoms with Crippen LogP contribution in [0.5, 0.6) is 5.75 Å². The second kappa shape index (κ2) is 5.38. The molecule has 2 nitrogen and oxygen atoms in total. The maximum Gasteiger partial charge on any atom is 0.124 e. The molecule has 0 amide bonds. The second-order valence-corrected chi connectivity index (χ2v) is 6.08. The molecule has 2 rings (SSSR count). The van der Waals surface area contributed by atoms with Crippen LogP contribution in [0.2, 0.25) is 0 Å². The van der Waals surface area contributed by atoms with Crippen molar-refractivity contribution in [3.05, 3.63) is 41.0 Å². The molecule has 1 aromatic rings. The molecule has 1 aliphatic rings. The van der Waals surface area contributed by atoms with Crippen molar-refractivity contribution in [2.45, 2.75) is 46.1 Å². The van der Waals surface area contributed by atoms with Crippen LogP contribution in [0.4, 0.5) is 0 Å². The van der Waals surface area contributed by atoms with Crippen molar-refractivity contribution in [3.8, 4) is 5.75 Å². The summed E-state index contributed by atoms with van der Waals surface area (Å²) in [7, 11) is 1.65. The molecule has 0 bridgehead atoms. The molecule has 0 fully saturated rings. The van der Waals surface area contributed by atoms with E-state index in [9.17, 15) is 5.11 Å². The van der Waals surface area contributed by atoms with E-state index in [1.54, 1.807) is 7.11 Å². The van der Waals surface area contributed by atoms with Crippen LogP contribution >= 0.6 is 0 Å². The number of para-hydroxylation sites is 1. The molecular weight excluding hydrogens is 236 g/mol. The average Bonchev–Trinajstić information content (AvgIpc) is 2.37. The third-order valence-corrected chi connectivity index (χ3v) is 4.25. The van der Waals surface area contributed by atoms with Gasteiger partial charge >= 0.3 is 0 Å². The van der Waals surface area contributed by atoms with E-state index < -0.39 is 6.10 Å². The van der Waals surface area contributed by atoms with Gasteiger partial charge in [0, 0.05) is 5.56 Å². The van der Waals surface area contributed by atoms with E-state index in [-0.39, 0.29) is 5.41 Å². The van der Waals surface area contributed by atoms with Gasteiger partial charge in [-0.3, -0.25) is 0 Å². The van der Waals surface area contributed by atoms with Crippen molar-refractivity contribution in [3.63, 3.8) is 0 Å². The van der Waals surface area contributed by atoms with Gasteiger partial charge < -0.3 is 9.84 Å². The van der Waals surface area contributed by atoms with Crippen LogP contribution in [0.15, 0.2) is 35.4 Å². The molecule has 19 heavy (non-hydrogen) atoms. The maximum atomic E-state index is 10.8. The van der Waals surface area contributed by atoms with Gasteiger partial charge in [-0.25, -0.2) is 0 Å². The summed E-state index contributed by atoms with van der Waals surface area (Å²) in [6, 6.07) is 7.74. The molecule has 0 radical (unpaired) electrons. The Morgan fingerprint density at radius 1 is 1.26 bits per heavy atom. The van der Waals surface area contributed by atoms with E-state index in [4.69, 9.17) is 4.74 Å². The normalized spacial score (nSPS) is 20.3. The fourth-order valence-electron chi connectivity index (χ4n) is 3.29. The van der Waals surface area contributed by atoms with Crippen LogP contribution < -0.4 is 4.74 Å². The van der Waals surface area contributed by atoms with E-state index in [2.05, 4.69) is 20.8 Å². The highest BCUT2D eigenvalue weighted by atomic mass is 16.5. The van der Waals surface area contributed by atoms with Crippen molar-refractivity contribution in [2.24, 2.45) is 5.41 Å². The molecule has 1 aromatic carbocycles. The first-order chi connectivity index (χ1) is 8.97. The van der Waals surface area contributed by atoms with Gasteiger partial charge in [0.1, 0.15) is 11.9 Å². The number of benzene rings is 1. The fourth-order valence-corrected chi connectivity index (χ4v) is 3.29. The summed E-state index contributed by atoms with van der Waals surface area (Å²) in [4.78, 5) is 0. The van der Waals surface area contributed by atoms with Crippen LogP contribution in [0, 0.1) is 5.41 Å². The molecule has 0 aromatic heterocycles. The molecule has 1 unspecified atom stereocenters. The Kier molecular flexibility index (Phi) is 4.00. The Labute approximate surface area is 116 Å². The standard InChI is InChI=1S/C17H24O2/c1-12-8-7-11-17(2,3)15(12)16(18)13-9-5-6-10-14(13)19-4/h5-6,9-10,16,18H,7-8,11H2,1-4H3. The predicted octanol–water partition coefficient (Wildman–Crippen LogP) is 4.26. The number of aliphatic hydroxyl groups excluding tert-OH is 1. The smallest absolute Gasteiger partial charge is 0.124 e. The highest BCUT2D eigenvalue weighted by Crippen LogP contribution is 2.47.